The fourth-order valence-corrected chi connectivity index (χ4v) is 1.93. The molecule has 0 aliphatic carbocycles. The van der Waals surface area contributed by atoms with Crippen molar-refractivity contribution < 1.29 is 14.7 Å². The first kappa shape index (κ1) is 12.9. The molecule has 1 atom stereocenters. The summed E-state index contributed by atoms with van der Waals surface area (Å²) >= 11 is 0. The first-order chi connectivity index (χ1) is 9.02. The van der Waals surface area contributed by atoms with Crippen LogP contribution in [0.1, 0.15) is 12.5 Å². The van der Waals surface area contributed by atoms with Crippen molar-refractivity contribution in [3.05, 3.63) is 23.8 Å². The lowest BCUT2D eigenvalue weighted by Crippen LogP contribution is -2.43. The summed E-state index contributed by atoms with van der Waals surface area (Å²) in [5, 5.41) is 20.8. The minimum Gasteiger partial charge on any atom is -0.481 e. The molecule has 0 aromatic heterocycles. The Bertz CT molecular complexity index is 577. The summed E-state index contributed by atoms with van der Waals surface area (Å²) < 4.78 is 0. The molecule has 6 nitrogen and oxygen atoms in total. The number of nitriles is 1. The highest BCUT2D eigenvalue weighted by molar-refractivity contribution is 6.03. The van der Waals surface area contributed by atoms with E-state index in [0.29, 0.717) is 11.3 Å². The fraction of sp³-hybridized carbons (Fsp3) is 0.308. The molecule has 0 radical (unpaired) electrons. The SMILES string of the molecule is CC(CN1C(=O)CNc2ccc(C#N)cc21)C(=O)O. The molecular weight excluding hydrogens is 246 g/mol. The first-order valence-corrected chi connectivity index (χ1v) is 5.84. The van der Waals surface area contributed by atoms with Gasteiger partial charge in [0.2, 0.25) is 5.91 Å². The minimum atomic E-state index is -0.954. The van der Waals surface area contributed by atoms with Crippen LogP contribution in [0, 0.1) is 17.2 Å². The van der Waals surface area contributed by atoms with Crippen molar-refractivity contribution in [3.63, 3.8) is 0 Å². The van der Waals surface area contributed by atoms with Crippen LogP contribution >= 0.6 is 0 Å². The molecule has 98 valence electrons. The maximum atomic E-state index is 11.9. The zero-order valence-corrected chi connectivity index (χ0v) is 10.4. The number of hydrogen-bond acceptors (Lipinski definition) is 4. The zero-order valence-electron chi connectivity index (χ0n) is 10.4. The molecule has 1 amide bonds. The number of fused-ring (bicyclic) bond motifs is 1. The highest BCUT2D eigenvalue weighted by Gasteiger charge is 2.27. The number of amides is 1. The van der Waals surface area contributed by atoms with Gasteiger partial charge in [-0.1, -0.05) is 6.92 Å². The smallest absolute Gasteiger partial charge is 0.308 e. The van der Waals surface area contributed by atoms with Crippen molar-refractivity contribution >= 4 is 23.3 Å². The predicted molar refractivity (Wildman–Crippen MR) is 68.8 cm³/mol. The number of carbonyl (C=O) groups is 2. The van der Waals surface area contributed by atoms with Gasteiger partial charge < -0.3 is 15.3 Å². The highest BCUT2D eigenvalue weighted by Crippen LogP contribution is 2.31. The second-order valence-corrected chi connectivity index (χ2v) is 4.44. The largest absolute Gasteiger partial charge is 0.481 e. The van der Waals surface area contributed by atoms with Crippen LogP contribution in [0.3, 0.4) is 0 Å². The molecule has 0 saturated heterocycles. The van der Waals surface area contributed by atoms with E-state index in [4.69, 9.17) is 10.4 Å². The van der Waals surface area contributed by atoms with E-state index in [-0.39, 0.29) is 19.0 Å². The number of nitrogens with zero attached hydrogens (tertiary/aromatic N) is 2. The van der Waals surface area contributed by atoms with Gasteiger partial charge in [-0.2, -0.15) is 5.26 Å². The van der Waals surface area contributed by atoms with Gasteiger partial charge in [0, 0.05) is 6.54 Å². The maximum Gasteiger partial charge on any atom is 0.308 e. The van der Waals surface area contributed by atoms with Crippen molar-refractivity contribution in [2.75, 3.05) is 23.3 Å². The van der Waals surface area contributed by atoms with Gasteiger partial charge in [-0.05, 0) is 18.2 Å². The fourth-order valence-electron chi connectivity index (χ4n) is 1.93. The van der Waals surface area contributed by atoms with Gasteiger partial charge in [0.25, 0.3) is 0 Å². The average Bonchev–Trinajstić information content (AvgIpc) is 2.41. The Balaban J connectivity index is 2.37. The van der Waals surface area contributed by atoms with Gasteiger partial charge >= 0.3 is 5.97 Å². The van der Waals surface area contributed by atoms with Crippen LogP contribution in [-0.4, -0.2) is 30.1 Å². The Morgan fingerprint density at radius 2 is 2.37 bits per heavy atom. The number of carbonyl (C=O) groups excluding carboxylic acids is 1. The quantitative estimate of drug-likeness (QED) is 0.845. The number of benzene rings is 1. The molecule has 1 unspecified atom stereocenters. The van der Waals surface area contributed by atoms with Crippen LogP contribution in [0.2, 0.25) is 0 Å². The van der Waals surface area contributed by atoms with Crippen LogP contribution in [0.5, 0.6) is 0 Å². The summed E-state index contributed by atoms with van der Waals surface area (Å²) in [4.78, 5) is 24.2. The van der Waals surface area contributed by atoms with Crippen molar-refractivity contribution in [1.29, 1.82) is 5.26 Å². The van der Waals surface area contributed by atoms with Crippen LogP contribution in [-0.2, 0) is 9.59 Å². The third kappa shape index (κ3) is 2.50. The summed E-state index contributed by atoms with van der Waals surface area (Å²) in [7, 11) is 0. The lowest BCUT2D eigenvalue weighted by molar-refractivity contribution is -0.140. The molecule has 1 aromatic rings. The molecular formula is C13H13N3O3. The lowest BCUT2D eigenvalue weighted by Gasteiger charge is -2.31. The van der Waals surface area contributed by atoms with Gasteiger partial charge in [0.15, 0.2) is 0 Å². The first-order valence-electron chi connectivity index (χ1n) is 5.84. The Hall–Kier alpha value is -2.55. The van der Waals surface area contributed by atoms with Gasteiger partial charge in [0.05, 0.1) is 35.5 Å². The topological polar surface area (TPSA) is 93.4 Å². The molecule has 1 heterocycles. The second kappa shape index (κ2) is 4.98. The lowest BCUT2D eigenvalue weighted by atomic mass is 10.1. The van der Waals surface area contributed by atoms with Crippen LogP contribution in [0.15, 0.2) is 18.2 Å². The monoisotopic (exact) mass is 259 g/mol. The summed E-state index contributed by atoms with van der Waals surface area (Å²) in [6.07, 6.45) is 0. The molecule has 2 N–H and O–H groups in total. The molecule has 0 bridgehead atoms. The van der Waals surface area contributed by atoms with Crippen LogP contribution in [0.4, 0.5) is 11.4 Å². The van der Waals surface area contributed by atoms with Gasteiger partial charge in [-0.15, -0.1) is 0 Å². The summed E-state index contributed by atoms with van der Waals surface area (Å²) in [5.74, 6) is -1.82. The standard InChI is InChI=1S/C13H13N3O3/c1-8(13(18)19)7-16-11-4-9(5-14)2-3-10(11)15-6-12(16)17/h2-4,8,15H,6-7H2,1H3,(H,18,19). The molecule has 0 saturated carbocycles. The molecule has 1 aliphatic rings. The number of hydrogen-bond donors (Lipinski definition) is 2. The Labute approximate surface area is 110 Å². The van der Waals surface area contributed by atoms with Crippen molar-refractivity contribution in [2.24, 2.45) is 5.92 Å². The summed E-state index contributed by atoms with van der Waals surface area (Å²) in [6, 6.07) is 6.97. The summed E-state index contributed by atoms with van der Waals surface area (Å²) in [5.41, 5.74) is 1.72. The Kier molecular flexibility index (Phi) is 3.38. The molecule has 19 heavy (non-hydrogen) atoms. The zero-order chi connectivity index (χ0) is 14.0. The number of rotatable bonds is 3. The molecule has 2 rings (SSSR count). The average molecular weight is 259 g/mol. The second-order valence-electron chi connectivity index (χ2n) is 4.44. The van der Waals surface area contributed by atoms with E-state index in [1.54, 1.807) is 25.1 Å². The third-order valence-electron chi connectivity index (χ3n) is 3.03. The van der Waals surface area contributed by atoms with E-state index in [1.807, 2.05) is 6.07 Å². The third-order valence-corrected chi connectivity index (χ3v) is 3.03. The van der Waals surface area contributed by atoms with E-state index in [1.165, 1.54) is 4.90 Å². The normalized spacial score (nSPS) is 15.2. The molecule has 1 aromatic carbocycles. The molecule has 6 heteroatoms. The van der Waals surface area contributed by atoms with E-state index in [2.05, 4.69) is 5.32 Å². The predicted octanol–water partition coefficient (Wildman–Crippen LogP) is 1.04. The van der Waals surface area contributed by atoms with Gasteiger partial charge in [0.1, 0.15) is 0 Å². The van der Waals surface area contributed by atoms with Crippen molar-refractivity contribution in [3.8, 4) is 6.07 Å². The Morgan fingerprint density at radius 3 is 3.00 bits per heavy atom. The van der Waals surface area contributed by atoms with Crippen LogP contribution < -0.4 is 10.2 Å². The minimum absolute atomic E-state index is 0.0950. The number of anilines is 2. The highest BCUT2D eigenvalue weighted by atomic mass is 16.4. The van der Waals surface area contributed by atoms with Crippen molar-refractivity contribution in [1.82, 2.24) is 0 Å². The number of aliphatic carboxylic acids is 1. The van der Waals surface area contributed by atoms with Gasteiger partial charge in [-0.3, -0.25) is 9.59 Å². The van der Waals surface area contributed by atoms with E-state index in [0.717, 1.165) is 5.69 Å². The van der Waals surface area contributed by atoms with E-state index in [9.17, 15) is 9.59 Å². The number of nitrogens with one attached hydrogen (secondary N) is 1. The number of carboxylic acid groups (broad SMARTS) is 1. The Morgan fingerprint density at radius 1 is 1.63 bits per heavy atom. The van der Waals surface area contributed by atoms with E-state index >= 15 is 0 Å². The molecule has 0 spiro atoms. The summed E-state index contributed by atoms with van der Waals surface area (Å²) in [6.45, 7) is 1.77. The maximum absolute atomic E-state index is 11.9. The van der Waals surface area contributed by atoms with Crippen molar-refractivity contribution in [2.45, 2.75) is 6.92 Å². The van der Waals surface area contributed by atoms with Crippen LogP contribution in [0.25, 0.3) is 0 Å². The van der Waals surface area contributed by atoms with Gasteiger partial charge in [-0.25, -0.2) is 0 Å². The van der Waals surface area contributed by atoms with E-state index < -0.39 is 11.9 Å². The molecule has 1 aliphatic heterocycles. The number of carboxylic acids is 1. The molecule has 0 fully saturated rings.